The summed E-state index contributed by atoms with van der Waals surface area (Å²) >= 11 is 0. The van der Waals surface area contributed by atoms with E-state index in [1.165, 1.54) is 58.5 Å². The van der Waals surface area contributed by atoms with E-state index in [0.29, 0.717) is 0 Å². The van der Waals surface area contributed by atoms with Crippen LogP contribution in [0, 0.1) is 5.92 Å². The Hall–Kier alpha value is -0.120. The van der Waals surface area contributed by atoms with Gasteiger partial charge in [-0.3, -0.25) is 4.90 Å². The predicted octanol–water partition coefficient (Wildman–Crippen LogP) is 1.79. The summed E-state index contributed by atoms with van der Waals surface area (Å²) in [6, 6.07) is 1.55. The first-order valence-electron chi connectivity index (χ1n) is 7.94. The Morgan fingerprint density at radius 2 is 1.94 bits per heavy atom. The molecule has 1 aliphatic heterocycles. The second-order valence-corrected chi connectivity index (χ2v) is 6.04. The van der Waals surface area contributed by atoms with Gasteiger partial charge in [0, 0.05) is 31.7 Å². The number of hydrogen-bond acceptors (Lipinski definition) is 3. The van der Waals surface area contributed by atoms with Crippen molar-refractivity contribution in [2.45, 2.75) is 52.1 Å². The molecule has 1 saturated carbocycles. The van der Waals surface area contributed by atoms with Crippen molar-refractivity contribution in [2.75, 3.05) is 39.3 Å². The fourth-order valence-corrected chi connectivity index (χ4v) is 3.27. The number of nitrogens with zero attached hydrogens (tertiary/aromatic N) is 2. The maximum absolute atomic E-state index is 3.69. The van der Waals surface area contributed by atoms with Gasteiger partial charge in [0.25, 0.3) is 0 Å². The molecule has 3 nitrogen and oxygen atoms in total. The topological polar surface area (TPSA) is 18.5 Å². The zero-order valence-corrected chi connectivity index (χ0v) is 12.5. The minimum atomic E-state index is 0.742. The summed E-state index contributed by atoms with van der Waals surface area (Å²) in [5, 5.41) is 3.69. The molecule has 0 aromatic rings. The van der Waals surface area contributed by atoms with Gasteiger partial charge in [0.15, 0.2) is 0 Å². The number of nitrogens with one attached hydrogen (secondary N) is 1. The molecule has 106 valence electrons. The van der Waals surface area contributed by atoms with Crippen molar-refractivity contribution in [1.82, 2.24) is 15.1 Å². The van der Waals surface area contributed by atoms with E-state index >= 15 is 0 Å². The Bertz CT molecular complexity index is 236. The van der Waals surface area contributed by atoms with Crippen LogP contribution in [0.4, 0.5) is 0 Å². The van der Waals surface area contributed by atoms with Gasteiger partial charge >= 0.3 is 0 Å². The highest BCUT2D eigenvalue weighted by molar-refractivity contribution is 4.85. The second-order valence-electron chi connectivity index (χ2n) is 6.04. The van der Waals surface area contributed by atoms with Crippen LogP contribution in [0.2, 0.25) is 0 Å². The van der Waals surface area contributed by atoms with Crippen molar-refractivity contribution >= 4 is 0 Å². The molecule has 0 spiro atoms. The molecule has 2 unspecified atom stereocenters. The maximum atomic E-state index is 3.69. The number of hydrogen-bond donors (Lipinski definition) is 1. The molecule has 1 saturated heterocycles. The van der Waals surface area contributed by atoms with Crippen molar-refractivity contribution in [2.24, 2.45) is 5.92 Å². The Labute approximate surface area is 113 Å². The van der Waals surface area contributed by atoms with Crippen LogP contribution >= 0.6 is 0 Å². The summed E-state index contributed by atoms with van der Waals surface area (Å²) in [5.74, 6) is 0.979. The van der Waals surface area contributed by atoms with Crippen LogP contribution in [-0.4, -0.2) is 61.2 Å². The van der Waals surface area contributed by atoms with Crippen LogP contribution < -0.4 is 5.32 Å². The third-order valence-corrected chi connectivity index (χ3v) is 4.80. The molecule has 0 amide bonds. The summed E-state index contributed by atoms with van der Waals surface area (Å²) < 4.78 is 0. The molecule has 2 rings (SSSR count). The standard InChI is InChI=1S/C15H31N3/c1-4-18(5-2)15-8-10-17(12-15)11-9-16-13(3)14-6-7-14/h13-16H,4-12H2,1-3H3. The molecule has 0 aromatic carbocycles. The predicted molar refractivity (Wildman–Crippen MR) is 78.0 cm³/mol. The summed E-state index contributed by atoms with van der Waals surface area (Å²) in [7, 11) is 0. The average Bonchev–Trinajstić information content (AvgIpc) is 3.13. The summed E-state index contributed by atoms with van der Waals surface area (Å²) in [6.45, 7) is 14.3. The van der Waals surface area contributed by atoms with Gasteiger partial charge in [-0.1, -0.05) is 13.8 Å². The summed E-state index contributed by atoms with van der Waals surface area (Å²) in [5.41, 5.74) is 0. The van der Waals surface area contributed by atoms with E-state index in [1.54, 1.807) is 0 Å². The van der Waals surface area contributed by atoms with Gasteiger partial charge in [-0.25, -0.2) is 0 Å². The Balaban J connectivity index is 1.60. The minimum Gasteiger partial charge on any atom is -0.313 e. The van der Waals surface area contributed by atoms with Crippen molar-refractivity contribution < 1.29 is 0 Å². The van der Waals surface area contributed by atoms with E-state index in [-0.39, 0.29) is 0 Å². The molecule has 1 aliphatic carbocycles. The lowest BCUT2D eigenvalue weighted by atomic mass is 10.2. The van der Waals surface area contributed by atoms with E-state index in [1.807, 2.05) is 0 Å². The van der Waals surface area contributed by atoms with E-state index in [9.17, 15) is 0 Å². The van der Waals surface area contributed by atoms with Crippen LogP contribution in [-0.2, 0) is 0 Å². The van der Waals surface area contributed by atoms with Crippen LogP contribution in [0.15, 0.2) is 0 Å². The Morgan fingerprint density at radius 1 is 1.22 bits per heavy atom. The van der Waals surface area contributed by atoms with Crippen LogP contribution in [0.1, 0.15) is 40.0 Å². The van der Waals surface area contributed by atoms with Gasteiger partial charge in [-0.05, 0) is 51.7 Å². The van der Waals surface area contributed by atoms with E-state index in [4.69, 9.17) is 0 Å². The molecule has 0 radical (unpaired) electrons. The maximum Gasteiger partial charge on any atom is 0.0235 e. The quantitative estimate of drug-likeness (QED) is 0.711. The first-order valence-corrected chi connectivity index (χ1v) is 7.94. The van der Waals surface area contributed by atoms with Crippen molar-refractivity contribution in [3.63, 3.8) is 0 Å². The number of likely N-dealkylation sites (N-methyl/N-ethyl adjacent to an activating group) is 1. The largest absolute Gasteiger partial charge is 0.313 e. The van der Waals surface area contributed by atoms with Gasteiger partial charge in [0.1, 0.15) is 0 Å². The highest BCUT2D eigenvalue weighted by atomic mass is 15.3. The van der Waals surface area contributed by atoms with Crippen LogP contribution in [0.3, 0.4) is 0 Å². The van der Waals surface area contributed by atoms with E-state index in [2.05, 4.69) is 35.9 Å². The molecule has 18 heavy (non-hydrogen) atoms. The highest BCUT2D eigenvalue weighted by Crippen LogP contribution is 2.32. The average molecular weight is 253 g/mol. The van der Waals surface area contributed by atoms with E-state index < -0.39 is 0 Å². The summed E-state index contributed by atoms with van der Waals surface area (Å²) in [6.07, 6.45) is 4.25. The fourth-order valence-electron chi connectivity index (χ4n) is 3.27. The Morgan fingerprint density at radius 3 is 2.56 bits per heavy atom. The molecule has 0 bridgehead atoms. The van der Waals surface area contributed by atoms with Gasteiger partial charge in [-0.2, -0.15) is 0 Å². The summed E-state index contributed by atoms with van der Waals surface area (Å²) in [4.78, 5) is 5.25. The smallest absolute Gasteiger partial charge is 0.0235 e. The van der Waals surface area contributed by atoms with Gasteiger partial charge in [0.05, 0.1) is 0 Å². The molecule has 0 aromatic heterocycles. The second kappa shape index (κ2) is 6.88. The molecular formula is C15H31N3. The lowest BCUT2D eigenvalue weighted by Crippen LogP contribution is -2.39. The first kappa shape index (κ1) is 14.3. The van der Waals surface area contributed by atoms with Gasteiger partial charge in [-0.15, -0.1) is 0 Å². The van der Waals surface area contributed by atoms with E-state index in [0.717, 1.165) is 18.0 Å². The minimum absolute atomic E-state index is 0.742. The van der Waals surface area contributed by atoms with Crippen molar-refractivity contribution in [3.05, 3.63) is 0 Å². The highest BCUT2D eigenvalue weighted by Gasteiger charge is 2.28. The molecule has 2 fully saturated rings. The zero-order chi connectivity index (χ0) is 13.0. The van der Waals surface area contributed by atoms with Gasteiger partial charge in [0.2, 0.25) is 0 Å². The molecule has 2 aliphatic rings. The monoisotopic (exact) mass is 253 g/mol. The van der Waals surface area contributed by atoms with Crippen molar-refractivity contribution in [1.29, 1.82) is 0 Å². The third kappa shape index (κ3) is 3.94. The lowest BCUT2D eigenvalue weighted by molar-refractivity contribution is 0.210. The van der Waals surface area contributed by atoms with Gasteiger partial charge < -0.3 is 10.2 Å². The first-order chi connectivity index (χ1) is 8.74. The normalized spacial score (nSPS) is 27.0. The number of likely N-dealkylation sites (tertiary alicyclic amines) is 1. The van der Waals surface area contributed by atoms with Crippen LogP contribution in [0.5, 0.6) is 0 Å². The third-order valence-electron chi connectivity index (χ3n) is 4.80. The molecule has 2 atom stereocenters. The Kier molecular flexibility index (Phi) is 5.46. The molecule has 1 N–H and O–H groups in total. The molecular weight excluding hydrogens is 222 g/mol. The van der Waals surface area contributed by atoms with Crippen molar-refractivity contribution in [3.8, 4) is 0 Å². The molecule has 3 heteroatoms. The SMILES string of the molecule is CCN(CC)C1CCN(CCNC(C)C2CC2)C1. The van der Waals surface area contributed by atoms with Crippen LogP contribution in [0.25, 0.3) is 0 Å². The molecule has 1 heterocycles. The fraction of sp³-hybridized carbons (Fsp3) is 1.00. The lowest BCUT2D eigenvalue weighted by Gasteiger charge is -2.26. The number of rotatable bonds is 8. The zero-order valence-electron chi connectivity index (χ0n) is 12.5.